The number of H-pyrrole nitrogens is 1. The predicted octanol–water partition coefficient (Wildman–Crippen LogP) is 4.62. The van der Waals surface area contributed by atoms with Gasteiger partial charge in [0.1, 0.15) is 17.1 Å². The molecule has 2 aromatic carbocycles. The molecule has 0 fully saturated rings. The maximum Gasteiger partial charge on any atom is 0.257 e. The Morgan fingerprint density at radius 2 is 1.87 bits per heavy atom. The van der Waals surface area contributed by atoms with Gasteiger partial charge in [-0.15, -0.1) is 0 Å². The molecular weight excluding hydrogens is 378 g/mol. The van der Waals surface area contributed by atoms with Gasteiger partial charge < -0.3 is 19.7 Å². The molecule has 0 saturated heterocycles. The number of aromatic hydroxyl groups is 1. The highest BCUT2D eigenvalue weighted by Crippen LogP contribution is 2.37. The van der Waals surface area contributed by atoms with Gasteiger partial charge in [-0.3, -0.25) is 4.79 Å². The molecule has 4 rings (SSSR count). The van der Waals surface area contributed by atoms with Gasteiger partial charge >= 0.3 is 0 Å². The van der Waals surface area contributed by atoms with E-state index in [0.29, 0.717) is 5.56 Å². The number of para-hydroxylation sites is 1. The van der Waals surface area contributed by atoms with Gasteiger partial charge in [-0.25, -0.2) is 4.98 Å². The van der Waals surface area contributed by atoms with Crippen molar-refractivity contribution in [3.8, 4) is 33.8 Å². The van der Waals surface area contributed by atoms with Gasteiger partial charge in [-0.1, -0.05) is 18.2 Å². The molecule has 0 unspecified atom stereocenters. The van der Waals surface area contributed by atoms with Crippen LogP contribution in [-0.2, 0) is 0 Å². The van der Waals surface area contributed by atoms with Crippen molar-refractivity contribution in [1.82, 2.24) is 14.9 Å². The van der Waals surface area contributed by atoms with Crippen LogP contribution in [0.4, 0.5) is 0 Å². The van der Waals surface area contributed by atoms with Crippen molar-refractivity contribution in [1.29, 1.82) is 0 Å². The number of rotatable bonds is 4. The molecule has 0 aliphatic rings. The zero-order valence-corrected chi connectivity index (χ0v) is 17.4. The summed E-state index contributed by atoms with van der Waals surface area (Å²) >= 11 is 0. The number of methoxy groups -OCH3 is 1. The fourth-order valence-corrected chi connectivity index (χ4v) is 3.60. The van der Waals surface area contributed by atoms with Gasteiger partial charge in [-0.05, 0) is 42.3 Å². The van der Waals surface area contributed by atoms with Crippen molar-refractivity contribution in [2.75, 3.05) is 21.2 Å². The molecule has 2 N–H and O–H groups in total. The van der Waals surface area contributed by atoms with Gasteiger partial charge in [0.15, 0.2) is 0 Å². The number of aromatic nitrogens is 2. The quantitative estimate of drug-likeness (QED) is 0.523. The summed E-state index contributed by atoms with van der Waals surface area (Å²) in [5.74, 6) is 0.536. The molecule has 0 spiro atoms. The number of hydrogen-bond acceptors (Lipinski definition) is 4. The Kier molecular flexibility index (Phi) is 4.91. The van der Waals surface area contributed by atoms with Crippen molar-refractivity contribution in [2.24, 2.45) is 0 Å². The number of phenolic OH excluding ortho intramolecular Hbond substituents is 1. The highest BCUT2D eigenvalue weighted by molar-refractivity contribution is 6.00. The summed E-state index contributed by atoms with van der Waals surface area (Å²) in [5.41, 5.74) is 5.30. The van der Waals surface area contributed by atoms with Crippen molar-refractivity contribution in [3.63, 3.8) is 0 Å². The van der Waals surface area contributed by atoms with Crippen molar-refractivity contribution in [3.05, 3.63) is 66.0 Å². The minimum absolute atomic E-state index is 0.00263. The largest absolute Gasteiger partial charge is 0.507 e. The van der Waals surface area contributed by atoms with E-state index in [1.807, 2.05) is 42.6 Å². The maximum absolute atomic E-state index is 12.5. The molecule has 6 nitrogen and oxygen atoms in total. The summed E-state index contributed by atoms with van der Waals surface area (Å²) in [7, 11) is 4.98. The number of phenols is 1. The van der Waals surface area contributed by atoms with Crippen molar-refractivity contribution in [2.45, 2.75) is 6.92 Å². The molecule has 1 amide bonds. The molecule has 2 heterocycles. The smallest absolute Gasteiger partial charge is 0.257 e. The van der Waals surface area contributed by atoms with E-state index in [4.69, 9.17) is 4.74 Å². The first kappa shape index (κ1) is 19.5. The number of pyridine rings is 1. The van der Waals surface area contributed by atoms with E-state index in [2.05, 4.69) is 9.97 Å². The first-order valence-corrected chi connectivity index (χ1v) is 9.57. The zero-order chi connectivity index (χ0) is 21.4. The molecule has 0 atom stereocenters. The van der Waals surface area contributed by atoms with E-state index in [0.717, 1.165) is 39.0 Å². The van der Waals surface area contributed by atoms with Gasteiger partial charge in [-0.2, -0.15) is 0 Å². The molecular formula is C24H23N3O3. The van der Waals surface area contributed by atoms with Gasteiger partial charge in [0.25, 0.3) is 5.91 Å². The van der Waals surface area contributed by atoms with E-state index in [9.17, 15) is 9.90 Å². The number of aryl methyl sites for hydroxylation is 1. The van der Waals surface area contributed by atoms with Crippen LogP contribution in [0.1, 0.15) is 15.9 Å². The molecule has 0 bridgehead atoms. The Hall–Kier alpha value is -3.80. The zero-order valence-electron chi connectivity index (χ0n) is 17.4. The number of fused-ring (bicyclic) bond motifs is 1. The number of carbonyl (C=O) groups excluding carboxylic acids is 1. The van der Waals surface area contributed by atoms with E-state index in [-0.39, 0.29) is 17.2 Å². The van der Waals surface area contributed by atoms with Crippen LogP contribution >= 0.6 is 0 Å². The third-order valence-corrected chi connectivity index (χ3v) is 5.20. The second-order valence-corrected chi connectivity index (χ2v) is 7.41. The molecule has 4 aromatic rings. The number of aromatic amines is 1. The van der Waals surface area contributed by atoms with Crippen LogP contribution in [0.2, 0.25) is 0 Å². The second kappa shape index (κ2) is 7.55. The molecule has 0 radical (unpaired) electrons. The third-order valence-electron chi connectivity index (χ3n) is 5.20. The molecule has 0 saturated carbocycles. The fraction of sp³-hybridized carbons (Fsp3) is 0.167. The Bertz CT molecular complexity index is 1260. The number of hydrogen-bond donors (Lipinski definition) is 2. The van der Waals surface area contributed by atoms with E-state index in [1.165, 1.54) is 4.90 Å². The SMILES string of the molecule is COc1ccccc1-c1c[nH]c2ncc(-c3cc(C)c(O)c(C(=O)N(C)C)c3)cc12. The lowest BCUT2D eigenvalue weighted by Gasteiger charge is -2.15. The van der Waals surface area contributed by atoms with Crippen molar-refractivity contribution < 1.29 is 14.6 Å². The van der Waals surface area contributed by atoms with E-state index >= 15 is 0 Å². The maximum atomic E-state index is 12.5. The fourth-order valence-electron chi connectivity index (χ4n) is 3.60. The lowest BCUT2D eigenvalue weighted by atomic mass is 9.97. The number of amides is 1. The predicted molar refractivity (Wildman–Crippen MR) is 118 cm³/mol. The summed E-state index contributed by atoms with van der Waals surface area (Å²) in [6.45, 7) is 1.79. The lowest BCUT2D eigenvalue weighted by molar-refractivity contribution is 0.0824. The number of nitrogens with zero attached hydrogens (tertiary/aromatic N) is 2. The van der Waals surface area contributed by atoms with Crippen LogP contribution in [0.5, 0.6) is 11.5 Å². The van der Waals surface area contributed by atoms with E-state index < -0.39 is 0 Å². The van der Waals surface area contributed by atoms with Crippen LogP contribution in [0.15, 0.2) is 54.9 Å². The summed E-state index contributed by atoms with van der Waals surface area (Å²) in [6.07, 6.45) is 3.68. The molecule has 0 aliphatic carbocycles. The molecule has 6 heteroatoms. The van der Waals surface area contributed by atoms with Crippen LogP contribution in [0.3, 0.4) is 0 Å². The van der Waals surface area contributed by atoms with Crippen molar-refractivity contribution >= 4 is 16.9 Å². The number of benzene rings is 2. The topological polar surface area (TPSA) is 78.5 Å². The number of ether oxygens (including phenoxy) is 1. The number of nitrogens with one attached hydrogen (secondary N) is 1. The highest BCUT2D eigenvalue weighted by Gasteiger charge is 2.18. The molecule has 30 heavy (non-hydrogen) atoms. The van der Waals surface area contributed by atoms with Crippen LogP contribution in [0, 0.1) is 6.92 Å². The minimum Gasteiger partial charge on any atom is -0.507 e. The van der Waals surface area contributed by atoms with Crippen LogP contribution < -0.4 is 4.74 Å². The van der Waals surface area contributed by atoms with Crippen LogP contribution in [0.25, 0.3) is 33.3 Å². The Labute approximate surface area is 174 Å². The summed E-state index contributed by atoms with van der Waals surface area (Å²) < 4.78 is 5.52. The Balaban J connectivity index is 1.88. The third kappa shape index (κ3) is 3.26. The number of carbonyl (C=O) groups is 1. The molecule has 2 aromatic heterocycles. The standard InChI is InChI=1S/C24H23N3O3/c1-14-9-15(10-19(22(14)28)24(29)27(2)3)16-11-18-20(13-26-23(18)25-12-16)17-7-5-6-8-21(17)30-4/h5-13,28H,1-4H3,(H,25,26). The van der Waals surface area contributed by atoms with Gasteiger partial charge in [0, 0.05) is 48.6 Å². The first-order valence-electron chi connectivity index (χ1n) is 9.57. The monoisotopic (exact) mass is 401 g/mol. The van der Waals surface area contributed by atoms with Gasteiger partial charge in [0.2, 0.25) is 0 Å². The Morgan fingerprint density at radius 1 is 1.10 bits per heavy atom. The summed E-state index contributed by atoms with van der Waals surface area (Å²) in [4.78, 5) is 21.7. The summed E-state index contributed by atoms with van der Waals surface area (Å²) in [5, 5.41) is 11.3. The first-order chi connectivity index (χ1) is 14.4. The molecule has 0 aliphatic heterocycles. The Morgan fingerprint density at radius 3 is 2.60 bits per heavy atom. The average molecular weight is 401 g/mol. The lowest BCUT2D eigenvalue weighted by Crippen LogP contribution is -2.22. The van der Waals surface area contributed by atoms with Crippen LogP contribution in [-0.4, -0.2) is 47.1 Å². The normalized spacial score (nSPS) is 10.9. The highest BCUT2D eigenvalue weighted by atomic mass is 16.5. The summed E-state index contributed by atoms with van der Waals surface area (Å²) in [6, 6.07) is 13.4. The van der Waals surface area contributed by atoms with E-state index in [1.54, 1.807) is 40.4 Å². The molecule has 152 valence electrons. The minimum atomic E-state index is -0.247. The average Bonchev–Trinajstić information content (AvgIpc) is 3.18. The van der Waals surface area contributed by atoms with Gasteiger partial charge in [0.05, 0.1) is 12.7 Å². The second-order valence-electron chi connectivity index (χ2n) is 7.41.